The number of hydrogen-bond donors (Lipinski definition) is 1. The number of carboxylic acids is 1. The fourth-order valence-electron chi connectivity index (χ4n) is 4.58. The van der Waals surface area contributed by atoms with Crippen molar-refractivity contribution in [2.45, 2.75) is 46.1 Å². The molecule has 0 aliphatic rings. The molecule has 0 bridgehead atoms. The zero-order chi connectivity index (χ0) is 25.5. The van der Waals surface area contributed by atoms with Crippen LogP contribution in [-0.4, -0.2) is 29.8 Å². The minimum Gasteiger partial charge on any atom is -0.478 e. The highest BCUT2D eigenvalue weighted by molar-refractivity contribution is 7.91. The van der Waals surface area contributed by atoms with Gasteiger partial charge < -0.3 is 9.67 Å². The lowest BCUT2D eigenvalue weighted by atomic mass is 10.0. The molecular formula is C29H31NO4S. The molecule has 182 valence electrons. The second-order valence-corrected chi connectivity index (χ2v) is 12.3. The van der Waals surface area contributed by atoms with Crippen LogP contribution in [0, 0.1) is 19.3 Å². The molecule has 0 spiro atoms. The van der Waals surface area contributed by atoms with E-state index in [2.05, 4.69) is 4.57 Å². The molecule has 1 N–H and O–H groups in total. The van der Waals surface area contributed by atoms with E-state index in [9.17, 15) is 18.3 Å². The Balaban J connectivity index is 1.68. The van der Waals surface area contributed by atoms with Gasteiger partial charge in [0.05, 0.1) is 16.2 Å². The molecule has 3 aromatic carbocycles. The molecule has 4 aromatic rings. The van der Waals surface area contributed by atoms with Gasteiger partial charge >= 0.3 is 5.97 Å². The summed E-state index contributed by atoms with van der Waals surface area (Å²) >= 11 is 0. The Hall–Kier alpha value is -3.38. The van der Waals surface area contributed by atoms with E-state index in [0.717, 1.165) is 33.3 Å². The summed E-state index contributed by atoms with van der Waals surface area (Å²) < 4.78 is 28.5. The van der Waals surface area contributed by atoms with Gasteiger partial charge in [-0.2, -0.15) is 0 Å². The number of carbonyl (C=O) groups is 1. The van der Waals surface area contributed by atoms with E-state index < -0.39 is 15.8 Å². The molecule has 0 aliphatic heterocycles. The smallest absolute Gasteiger partial charge is 0.335 e. The number of nitrogens with zero attached hydrogens (tertiary/aromatic N) is 1. The molecular weight excluding hydrogens is 458 g/mol. The molecule has 6 heteroatoms. The summed E-state index contributed by atoms with van der Waals surface area (Å²) in [7, 11) is -3.44. The Morgan fingerprint density at radius 1 is 0.943 bits per heavy atom. The van der Waals surface area contributed by atoms with Crippen LogP contribution in [0.3, 0.4) is 0 Å². The third-order valence-corrected chi connectivity index (χ3v) is 8.61. The van der Waals surface area contributed by atoms with Crippen LogP contribution in [0.2, 0.25) is 0 Å². The summed E-state index contributed by atoms with van der Waals surface area (Å²) in [5, 5.41) is 10.3. The number of aromatic carboxylic acids is 1. The fraction of sp³-hybridized carbons (Fsp3) is 0.276. The lowest BCUT2D eigenvalue weighted by Gasteiger charge is -2.19. The number of aromatic nitrogens is 1. The third-order valence-electron chi connectivity index (χ3n) is 6.34. The molecule has 0 saturated carbocycles. The Morgan fingerprint density at radius 2 is 1.60 bits per heavy atom. The molecule has 1 aromatic heterocycles. The Labute approximate surface area is 207 Å². The molecule has 0 aliphatic carbocycles. The van der Waals surface area contributed by atoms with Gasteiger partial charge in [-0.1, -0.05) is 63.2 Å². The zero-order valence-corrected chi connectivity index (χ0v) is 21.6. The van der Waals surface area contributed by atoms with E-state index >= 15 is 0 Å². The van der Waals surface area contributed by atoms with Crippen LogP contribution in [0.5, 0.6) is 0 Å². The molecule has 0 saturated heterocycles. The van der Waals surface area contributed by atoms with E-state index in [1.807, 2.05) is 77.1 Å². The van der Waals surface area contributed by atoms with Crippen LogP contribution < -0.4 is 0 Å². The number of rotatable bonds is 6. The van der Waals surface area contributed by atoms with Gasteiger partial charge in [-0.3, -0.25) is 0 Å². The van der Waals surface area contributed by atoms with Crippen molar-refractivity contribution in [2.24, 2.45) is 5.41 Å². The number of fused-ring (bicyclic) bond motifs is 1. The van der Waals surface area contributed by atoms with Gasteiger partial charge in [0.25, 0.3) is 0 Å². The third kappa shape index (κ3) is 5.03. The predicted molar refractivity (Wildman–Crippen MR) is 141 cm³/mol. The summed E-state index contributed by atoms with van der Waals surface area (Å²) in [5.74, 6) is -0.852. The first-order valence-electron chi connectivity index (χ1n) is 11.6. The molecule has 5 nitrogen and oxygen atoms in total. The van der Waals surface area contributed by atoms with Crippen molar-refractivity contribution >= 4 is 26.7 Å². The molecule has 0 amide bonds. The Bertz CT molecular complexity index is 1520. The van der Waals surface area contributed by atoms with Crippen molar-refractivity contribution in [1.82, 2.24) is 4.57 Å². The van der Waals surface area contributed by atoms with Crippen LogP contribution in [-0.2, 0) is 16.4 Å². The van der Waals surface area contributed by atoms with E-state index in [-0.39, 0.29) is 16.7 Å². The van der Waals surface area contributed by atoms with Gasteiger partial charge in [0.2, 0.25) is 0 Å². The molecule has 0 unspecified atom stereocenters. The van der Waals surface area contributed by atoms with Crippen LogP contribution >= 0.6 is 0 Å². The van der Waals surface area contributed by atoms with Crippen molar-refractivity contribution in [3.05, 3.63) is 89.1 Å². The van der Waals surface area contributed by atoms with Gasteiger partial charge in [-0.15, -0.1) is 0 Å². The second-order valence-electron chi connectivity index (χ2n) is 10.3. The molecule has 1 heterocycles. The lowest BCUT2D eigenvalue weighted by Crippen LogP contribution is -2.21. The number of sulfone groups is 1. The number of aryl methyl sites for hydroxylation is 1. The summed E-state index contributed by atoms with van der Waals surface area (Å²) in [6, 6.07) is 20.4. The minimum absolute atomic E-state index is 0.0814. The van der Waals surface area contributed by atoms with Gasteiger partial charge in [0, 0.05) is 28.7 Å². The van der Waals surface area contributed by atoms with Crippen LogP contribution in [0.4, 0.5) is 0 Å². The highest BCUT2D eigenvalue weighted by atomic mass is 32.2. The van der Waals surface area contributed by atoms with Gasteiger partial charge in [0.15, 0.2) is 9.84 Å². The van der Waals surface area contributed by atoms with Gasteiger partial charge in [0.1, 0.15) is 0 Å². The Morgan fingerprint density at radius 3 is 2.23 bits per heavy atom. The standard InChI is InChI=1S/C29H31NO4S/c1-19-20(2)30(26-15-14-23(28(31)32)16-25(19)26)17-21-10-12-22(13-11-21)24-8-6-7-9-27(24)35(33,34)18-29(3,4)5/h6-16H,17-18H2,1-5H3,(H,31,32). The summed E-state index contributed by atoms with van der Waals surface area (Å²) in [6.45, 7) is 10.5. The van der Waals surface area contributed by atoms with Gasteiger partial charge in [-0.25, -0.2) is 13.2 Å². The SMILES string of the molecule is Cc1c(C)n(Cc2ccc(-c3ccccc3S(=O)(=O)CC(C)(C)C)cc2)c2ccc(C(=O)O)cc12. The van der Waals surface area contributed by atoms with Crippen molar-refractivity contribution in [2.75, 3.05) is 5.75 Å². The van der Waals surface area contributed by atoms with Crippen molar-refractivity contribution in [3.63, 3.8) is 0 Å². The van der Waals surface area contributed by atoms with Crippen LogP contribution in [0.15, 0.2) is 71.6 Å². The van der Waals surface area contributed by atoms with E-state index in [0.29, 0.717) is 17.0 Å². The summed E-state index contributed by atoms with van der Waals surface area (Å²) in [5.41, 5.74) is 5.74. The van der Waals surface area contributed by atoms with E-state index in [4.69, 9.17) is 0 Å². The number of benzene rings is 3. The lowest BCUT2D eigenvalue weighted by molar-refractivity contribution is 0.0697. The summed E-state index contributed by atoms with van der Waals surface area (Å²) in [4.78, 5) is 11.8. The van der Waals surface area contributed by atoms with E-state index in [1.54, 1.807) is 24.3 Å². The highest BCUT2D eigenvalue weighted by Gasteiger charge is 2.26. The van der Waals surface area contributed by atoms with Crippen molar-refractivity contribution in [1.29, 1.82) is 0 Å². The maximum Gasteiger partial charge on any atom is 0.335 e. The first-order valence-corrected chi connectivity index (χ1v) is 13.3. The van der Waals surface area contributed by atoms with Crippen LogP contribution in [0.25, 0.3) is 22.0 Å². The maximum absolute atomic E-state index is 13.1. The Kier molecular flexibility index (Phi) is 6.36. The fourth-order valence-corrected chi connectivity index (χ4v) is 6.69. The van der Waals surface area contributed by atoms with Crippen molar-refractivity contribution < 1.29 is 18.3 Å². The first-order chi connectivity index (χ1) is 16.4. The second kappa shape index (κ2) is 9.00. The van der Waals surface area contributed by atoms with Crippen LogP contribution in [0.1, 0.15) is 48.0 Å². The van der Waals surface area contributed by atoms with Gasteiger partial charge in [-0.05, 0) is 60.2 Å². The highest BCUT2D eigenvalue weighted by Crippen LogP contribution is 2.32. The van der Waals surface area contributed by atoms with Crippen molar-refractivity contribution in [3.8, 4) is 11.1 Å². The molecule has 0 fully saturated rings. The molecule has 4 rings (SSSR count). The minimum atomic E-state index is -3.44. The monoisotopic (exact) mass is 489 g/mol. The number of hydrogen-bond acceptors (Lipinski definition) is 3. The largest absolute Gasteiger partial charge is 0.478 e. The molecule has 0 atom stereocenters. The first kappa shape index (κ1) is 24.7. The molecule has 0 radical (unpaired) electrons. The molecule has 35 heavy (non-hydrogen) atoms. The predicted octanol–water partition coefficient (Wildman–Crippen LogP) is 6.49. The summed E-state index contributed by atoms with van der Waals surface area (Å²) in [6.07, 6.45) is 0. The quantitative estimate of drug-likeness (QED) is 0.336. The average molecular weight is 490 g/mol. The normalized spacial score (nSPS) is 12.3. The van der Waals surface area contributed by atoms with E-state index in [1.165, 1.54) is 0 Å². The number of carboxylic acid groups (broad SMARTS) is 1. The maximum atomic E-state index is 13.1. The zero-order valence-electron chi connectivity index (χ0n) is 20.8. The topological polar surface area (TPSA) is 76.4 Å². The average Bonchev–Trinajstić information content (AvgIpc) is 3.02.